The molecule has 4 rings (SSSR count). The second kappa shape index (κ2) is 7.03. The molecule has 1 amide bonds. The summed E-state index contributed by atoms with van der Waals surface area (Å²) >= 11 is 12.2. The predicted molar refractivity (Wildman–Crippen MR) is 100 cm³/mol. The van der Waals surface area contributed by atoms with Gasteiger partial charge in [-0.1, -0.05) is 23.2 Å². The van der Waals surface area contributed by atoms with Gasteiger partial charge in [-0.25, -0.2) is 0 Å². The van der Waals surface area contributed by atoms with Gasteiger partial charge in [0.25, 0.3) is 0 Å². The quantitative estimate of drug-likeness (QED) is 0.825. The molecule has 6 heteroatoms. The summed E-state index contributed by atoms with van der Waals surface area (Å²) in [7, 11) is 0. The third-order valence-electron chi connectivity index (χ3n) is 5.89. The second-order valence-corrected chi connectivity index (χ2v) is 8.28. The zero-order chi connectivity index (χ0) is 16.0. The van der Waals surface area contributed by atoms with Crippen molar-refractivity contribution < 1.29 is 4.79 Å². The molecular formula is C18H23Cl3N2O. The van der Waals surface area contributed by atoms with Gasteiger partial charge in [0.05, 0.1) is 0 Å². The summed E-state index contributed by atoms with van der Waals surface area (Å²) in [6, 6.07) is 5.63. The van der Waals surface area contributed by atoms with Crippen LogP contribution in [0.25, 0.3) is 0 Å². The number of benzene rings is 1. The molecule has 2 atom stereocenters. The molecule has 1 N–H and O–H groups in total. The first kappa shape index (κ1) is 18.3. The average molecular weight is 390 g/mol. The molecule has 2 saturated heterocycles. The summed E-state index contributed by atoms with van der Waals surface area (Å²) in [5, 5.41) is 4.78. The number of halogens is 3. The summed E-state index contributed by atoms with van der Waals surface area (Å²) in [6.45, 7) is 4.09. The summed E-state index contributed by atoms with van der Waals surface area (Å²) in [6.07, 6.45) is 4.49. The number of nitrogens with one attached hydrogen (secondary N) is 1. The van der Waals surface area contributed by atoms with Crippen molar-refractivity contribution in [3.8, 4) is 0 Å². The molecule has 132 valence electrons. The van der Waals surface area contributed by atoms with E-state index in [2.05, 4.69) is 10.2 Å². The van der Waals surface area contributed by atoms with Crippen LogP contribution in [0.1, 0.15) is 37.2 Å². The summed E-state index contributed by atoms with van der Waals surface area (Å²) in [4.78, 5) is 14.8. The van der Waals surface area contributed by atoms with Crippen LogP contribution in [0.2, 0.25) is 10.0 Å². The van der Waals surface area contributed by atoms with E-state index < -0.39 is 0 Å². The first-order valence-electron chi connectivity index (χ1n) is 8.52. The van der Waals surface area contributed by atoms with E-state index in [1.165, 1.54) is 6.42 Å². The zero-order valence-corrected chi connectivity index (χ0v) is 15.9. The molecule has 3 fully saturated rings. The number of carbonyl (C=O) groups excluding carboxylic acids is 1. The van der Waals surface area contributed by atoms with Gasteiger partial charge in [0, 0.05) is 35.6 Å². The molecule has 1 spiro atoms. The van der Waals surface area contributed by atoms with Crippen molar-refractivity contribution in [2.75, 3.05) is 26.2 Å². The summed E-state index contributed by atoms with van der Waals surface area (Å²) in [5.41, 5.74) is 1.56. The third kappa shape index (κ3) is 3.55. The Morgan fingerprint density at radius 3 is 2.38 bits per heavy atom. The van der Waals surface area contributed by atoms with Crippen LogP contribution in [0.3, 0.4) is 0 Å². The highest BCUT2D eigenvalue weighted by atomic mass is 35.5. The first-order valence-corrected chi connectivity index (χ1v) is 9.27. The van der Waals surface area contributed by atoms with Crippen LogP contribution in [0, 0.1) is 11.3 Å². The number of likely N-dealkylation sites (tertiary alicyclic amines) is 1. The van der Waals surface area contributed by atoms with Gasteiger partial charge in [-0.15, -0.1) is 12.4 Å². The standard InChI is InChI=1S/C18H22Cl2N2O.ClH/c19-13-7-12(8-14(20)9-13)15-10-16(15)17(23)22-5-2-18(3-6-22)1-4-21-11-18;/h7-9,15-16,21H,1-6,10-11H2;1H. The van der Waals surface area contributed by atoms with Crippen LogP contribution in [-0.4, -0.2) is 37.0 Å². The van der Waals surface area contributed by atoms with Crippen molar-refractivity contribution in [2.24, 2.45) is 11.3 Å². The van der Waals surface area contributed by atoms with Crippen LogP contribution in [0.4, 0.5) is 0 Å². The molecule has 0 aromatic heterocycles. The zero-order valence-electron chi connectivity index (χ0n) is 13.6. The maximum atomic E-state index is 12.8. The van der Waals surface area contributed by atoms with Gasteiger partial charge < -0.3 is 10.2 Å². The SMILES string of the molecule is Cl.O=C(C1CC1c1cc(Cl)cc(Cl)c1)N1CCC2(CCNC2)CC1. The molecule has 3 nitrogen and oxygen atoms in total. The number of rotatable bonds is 2. The Morgan fingerprint density at radius 1 is 1.12 bits per heavy atom. The Kier molecular flexibility index (Phi) is 5.36. The maximum Gasteiger partial charge on any atom is 0.226 e. The fourth-order valence-corrected chi connectivity index (χ4v) is 4.83. The van der Waals surface area contributed by atoms with E-state index in [4.69, 9.17) is 23.2 Å². The van der Waals surface area contributed by atoms with Gasteiger partial charge in [0.15, 0.2) is 0 Å². The third-order valence-corrected chi connectivity index (χ3v) is 6.32. The number of nitrogens with zero attached hydrogens (tertiary/aromatic N) is 1. The van der Waals surface area contributed by atoms with Crippen molar-refractivity contribution in [2.45, 2.75) is 31.6 Å². The van der Waals surface area contributed by atoms with Crippen molar-refractivity contribution >= 4 is 41.5 Å². The van der Waals surface area contributed by atoms with Crippen LogP contribution >= 0.6 is 35.6 Å². The van der Waals surface area contributed by atoms with E-state index in [1.54, 1.807) is 6.07 Å². The lowest BCUT2D eigenvalue weighted by Crippen LogP contribution is -2.44. The fraction of sp³-hybridized carbons (Fsp3) is 0.611. The molecular weight excluding hydrogens is 367 g/mol. The predicted octanol–water partition coefficient (Wildman–Crippen LogP) is 4.12. The van der Waals surface area contributed by atoms with Crippen LogP contribution in [0.15, 0.2) is 18.2 Å². The molecule has 0 radical (unpaired) electrons. The Bertz CT molecular complexity index is 600. The molecule has 0 bridgehead atoms. The highest BCUT2D eigenvalue weighted by Crippen LogP contribution is 2.50. The minimum Gasteiger partial charge on any atom is -0.342 e. The summed E-state index contributed by atoms with van der Waals surface area (Å²) < 4.78 is 0. The van der Waals surface area contributed by atoms with E-state index in [9.17, 15) is 4.79 Å². The molecule has 24 heavy (non-hydrogen) atoms. The van der Waals surface area contributed by atoms with Gasteiger partial charge in [-0.2, -0.15) is 0 Å². The highest BCUT2D eigenvalue weighted by molar-refractivity contribution is 6.34. The number of hydrogen-bond acceptors (Lipinski definition) is 2. The minimum atomic E-state index is 0. The number of hydrogen-bond donors (Lipinski definition) is 1. The van der Waals surface area contributed by atoms with E-state index in [0.717, 1.165) is 51.0 Å². The lowest BCUT2D eigenvalue weighted by molar-refractivity contribution is -0.134. The fourth-order valence-electron chi connectivity index (χ4n) is 4.28. The molecule has 2 heterocycles. The van der Waals surface area contributed by atoms with E-state index >= 15 is 0 Å². The monoisotopic (exact) mass is 388 g/mol. The van der Waals surface area contributed by atoms with Crippen molar-refractivity contribution in [1.82, 2.24) is 10.2 Å². The van der Waals surface area contributed by atoms with E-state index in [0.29, 0.717) is 27.3 Å². The normalized spacial score (nSPS) is 27.8. The average Bonchev–Trinajstić information content (AvgIpc) is 3.21. The smallest absolute Gasteiger partial charge is 0.226 e. The van der Waals surface area contributed by atoms with Crippen LogP contribution in [0.5, 0.6) is 0 Å². The Balaban J connectivity index is 0.00000169. The Hall–Kier alpha value is -0.480. The molecule has 2 aliphatic heterocycles. The van der Waals surface area contributed by atoms with Gasteiger partial charge in [-0.05, 0) is 67.3 Å². The maximum absolute atomic E-state index is 12.8. The van der Waals surface area contributed by atoms with Crippen LogP contribution < -0.4 is 5.32 Å². The molecule has 1 aliphatic carbocycles. The number of amides is 1. The van der Waals surface area contributed by atoms with Gasteiger partial charge in [0.2, 0.25) is 5.91 Å². The van der Waals surface area contributed by atoms with Gasteiger partial charge in [-0.3, -0.25) is 4.79 Å². The minimum absolute atomic E-state index is 0. The summed E-state index contributed by atoms with van der Waals surface area (Å²) in [5.74, 6) is 0.745. The van der Waals surface area contributed by atoms with E-state index in [-0.39, 0.29) is 18.3 Å². The topological polar surface area (TPSA) is 32.3 Å². The molecule has 1 saturated carbocycles. The van der Waals surface area contributed by atoms with Gasteiger partial charge in [0.1, 0.15) is 0 Å². The van der Waals surface area contributed by atoms with Crippen molar-refractivity contribution in [3.63, 3.8) is 0 Å². The first-order chi connectivity index (χ1) is 11.1. The molecule has 3 aliphatic rings. The molecule has 1 aromatic rings. The van der Waals surface area contributed by atoms with E-state index in [1.807, 2.05) is 12.1 Å². The van der Waals surface area contributed by atoms with Crippen LogP contribution in [-0.2, 0) is 4.79 Å². The largest absolute Gasteiger partial charge is 0.342 e. The van der Waals surface area contributed by atoms with Crippen molar-refractivity contribution in [3.05, 3.63) is 33.8 Å². The highest BCUT2D eigenvalue weighted by Gasteiger charge is 2.47. The lowest BCUT2D eigenvalue weighted by atomic mass is 9.78. The lowest BCUT2D eigenvalue weighted by Gasteiger charge is -2.39. The van der Waals surface area contributed by atoms with Gasteiger partial charge >= 0.3 is 0 Å². The molecule has 1 aromatic carbocycles. The van der Waals surface area contributed by atoms with Crippen molar-refractivity contribution in [1.29, 1.82) is 0 Å². The Morgan fingerprint density at radius 2 is 1.79 bits per heavy atom. The second-order valence-electron chi connectivity index (χ2n) is 7.40. The number of piperidine rings is 1. The number of carbonyl (C=O) groups is 1. The molecule has 2 unspecified atom stereocenters. The Labute approximate surface area is 159 Å².